The van der Waals surface area contributed by atoms with Crippen LogP contribution in [0.1, 0.15) is 27.3 Å². The van der Waals surface area contributed by atoms with Crippen molar-refractivity contribution in [3.05, 3.63) is 52.8 Å². The predicted octanol–water partition coefficient (Wildman–Crippen LogP) is 2.94. The molecule has 1 N–H and O–H groups in total. The summed E-state index contributed by atoms with van der Waals surface area (Å²) in [5.74, 6) is -0.901. The van der Waals surface area contributed by atoms with Crippen LogP contribution < -0.4 is 5.32 Å². The van der Waals surface area contributed by atoms with Gasteiger partial charge in [0, 0.05) is 11.5 Å². The normalized spacial score (nSPS) is 10.7. The Bertz CT molecular complexity index is 962. The number of amides is 1. The average Bonchev–Trinajstić information content (AvgIpc) is 2.97. The molecule has 1 aromatic carbocycles. The lowest BCUT2D eigenvalue weighted by atomic mass is 10.1. The molecule has 0 unspecified atom stereocenters. The molecule has 0 saturated carbocycles. The highest BCUT2D eigenvalue weighted by atomic mass is 16.5. The molecule has 0 saturated heterocycles. The monoisotopic (exact) mass is 339 g/mol. The summed E-state index contributed by atoms with van der Waals surface area (Å²) in [6.07, 6.45) is 0. The van der Waals surface area contributed by atoms with Crippen molar-refractivity contribution in [2.24, 2.45) is 0 Å². The molecule has 2 heterocycles. The van der Waals surface area contributed by atoms with Gasteiger partial charge in [-0.25, -0.2) is 4.79 Å². The van der Waals surface area contributed by atoms with E-state index in [1.807, 2.05) is 25.1 Å². The molecule has 128 valence electrons. The van der Waals surface area contributed by atoms with E-state index in [0.29, 0.717) is 17.0 Å². The van der Waals surface area contributed by atoms with Crippen LogP contribution in [0.2, 0.25) is 0 Å². The number of carbonyl (C=O) groups is 2. The molecule has 0 atom stereocenters. The highest BCUT2D eigenvalue weighted by Crippen LogP contribution is 2.19. The Kier molecular flexibility index (Phi) is 4.47. The maximum Gasteiger partial charge on any atom is 0.340 e. The molecule has 7 heteroatoms. The number of rotatable bonds is 4. The van der Waals surface area contributed by atoms with Crippen LogP contribution in [0, 0.1) is 20.8 Å². The lowest BCUT2D eigenvalue weighted by Crippen LogP contribution is -2.21. The second kappa shape index (κ2) is 6.72. The lowest BCUT2D eigenvalue weighted by Gasteiger charge is -2.08. The van der Waals surface area contributed by atoms with E-state index in [-0.39, 0.29) is 5.88 Å². The van der Waals surface area contributed by atoms with E-state index >= 15 is 0 Å². The van der Waals surface area contributed by atoms with E-state index < -0.39 is 18.5 Å². The number of hydrogen-bond donors (Lipinski definition) is 1. The third kappa shape index (κ3) is 3.82. The van der Waals surface area contributed by atoms with Gasteiger partial charge in [-0.05, 0) is 39.0 Å². The summed E-state index contributed by atoms with van der Waals surface area (Å²) in [7, 11) is 0. The fourth-order valence-electron chi connectivity index (χ4n) is 2.40. The molecule has 0 aliphatic rings. The van der Waals surface area contributed by atoms with Crippen molar-refractivity contribution in [3.63, 3.8) is 0 Å². The second-order valence-electron chi connectivity index (χ2n) is 5.77. The minimum absolute atomic E-state index is 0.206. The molecule has 0 aliphatic carbocycles. The van der Waals surface area contributed by atoms with E-state index in [4.69, 9.17) is 9.26 Å². The number of ether oxygens (including phenoxy) is 1. The molecule has 1 amide bonds. The fourth-order valence-corrected chi connectivity index (χ4v) is 2.40. The van der Waals surface area contributed by atoms with Gasteiger partial charge in [-0.15, -0.1) is 0 Å². The number of hydrogen-bond acceptors (Lipinski definition) is 6. The summed E-state index contributed by atoms with van der Waals surface area (Å²) in [5.41, 5.74) is 3.40. The number of aryl methyl sites for hydroxylation is 3. The van der Waals surface area contributed by atoms with Gasteiger partial charge < -0.3 is 9.26 Å². The summed E-state index contributed by atoms with van der Waals surface area (Å²) in [5, 5.41) is 6.96. The van der Waals surface area contributed by atoms with E-state index in [2.05, 4.69) is 15.5 Å². The van der Waals surface area contributed by atoms with Crippen molar-refractivity contribution < 1.29 is 18.8 Å². The van der Waals surface area contributed by atoms with Crippen molar-refractivity contribution in [3.8, 4) is 0 Å². The topological polar surface area (TPSA) is 94.3 Å². The van der Waals surface area contributed by atoms with Gasteiger partial charge in [0.25, 0.3) is 5.91 Å². The van der Waals surface area contributed by atoms with Crippen molar-refractivity contribution in [2.45, 2.75) is 20.8 Å². The van der Waals surface area contributed by atoms with Crippen molar-refractivity contribution in [2.75, 3.05) is 11.9 Å². The first-order chi connectivity index (χ1) is 11.9. The molecular weight excluding hydrogens is 322 g/mol. The maximum atomic E-state index is 12.3. The van der Waals surface area contributed by atoms with Gasteiger partial charge in [-0.3, -0.25) is 15.1 Å². The van der Waals surface area contributed by atoms with Gasteiger partial charge in [-0.1, -0.05) is 16.8 Å². The third-order valence-corrected chi connectivity index (χ3v) is 3.61. The number of fused-ring (bicyclic) bond motifs is 1. The minimum atomic E-state index is -0.600. The molecule has 3 aromatic rings. The zero-order chi connectivity index (χ0) is 18.0. The van der Waals surface area contributed by atoms with Crippen molar-refractivity contribution >= 4 is 28.7 Å². The van der Waals surface area contributed by atoms with Crippen molar-refractivity contribution in [1.29, 1.82) is 0 Å². The molecule has 0 radical (unpaired) electrons. The van der Waals surface area contributed by atoms with E-state index in [1.54, 1.807) is 26.0 Å². The Labute approximate surface area is 144 Å². The number of pyridine rings is 1. The van der Waals surface area contributed by atoms with Gasteiger partial charge in [0.05, 0.1) is 22.5 Å². The Morgan fingerprint density at radius 2 is 1.96 bits per heavy atom. The number of benzene rings is 1. The fraction of sp³-hybridized carbons (Fsp3) is 0.222. The smallest absolute Gasteiger partial charge is 0.340 e. The van der Waals surface area contributed by atoms with Gasteiger partial charge in [0.15, 0.2) is 6.61 Å². The zero-order valence-corrected chi connectivity index (χ0v) is 14.1. The van der Waals surface area contributed by atoms with E-state index in [1.165, 1.54) is 0 Å². The largest absolute Gasteiger partial charge is 0.452 e. The van der Waals surface area contributed by atoms with Gasteiger partial charge in [0.1, 0.15) is 0 Å². The van der Waals surface area contributed by atoms with Crippen LogP contribution in [0.15, 0.2) is 34.9 Å². The van der Waals surface area contributed by atoms with Crippen molar-refractivity contribution in [1.82, 2.24) is 10.1 Å². The predicted molar refractivity (Wildman–Crippen MR) is 91.4 cm³/mol. The number of esters is 1. The molecular formula is C18H17N3O4. The molecule has 7 nitrogen and oxygen atoms in total. The Hall–Kier alpha value is -3.22. The van der Waals surface area contributed by atoms with Gasteiger partial charge in [-0.2, -0.15) is 0 Å². The highest BCUT2D eigenvalue weighted by Gasteiger charge is 2.15. The number of nitrogens with zero attached hydrogens (tertiary/aromatic N) is 2. The van der Waals surface area contributed by atoms with Gasteiger partial charge >= 0.3 is 5.97 Å². The first-order valence-electron chi connectivity index (χ1n) is 7.70. The first-order valence-corrected chi connectivity index (χ1v) is 7.70. The van der Waals surface area contributed by atoms with E-state index in [9.17, 15) is 9.59 Å². The molecule has 2 aromatic heterocycles. The second-order valence-corrected chi connectivity index (χ2v) is 5.77. The first kappa shape index (κ1) is 16.6. The quantitative estimate of drug-likeness (QED) is 0.734. The molecule has 3 rings (SSSR count). The molecule has 0 bridgehead atoms. The standard InChI is InChI=1S/C18H17N3O4/c1-10-4-5-15-13(6-10)8-14(12(3)19-15)18(23)24-9-16(22)20-17-7-11(2)21-25-17/h4-8H,9H2,1-3H3,(H,20,22). The van der Waals surface area contributed by atoms with Crippen LogP contribution >= 0.6 is 0 Å². The average molecular weight is 339 g/mol. The summed E-state index contributed by atoms with van der Waals surface area (Å²) < 4.78 is 9.95. The number of anilines is 1. The van der Waals surface area contributed by atoms with Crippen LogP contribution in [0.4, 0.5) is 5.88 Å². The number of carbonyl (C=O) groups excluding carboxylic acids is 2. The Morgan fingerprint density at radius 3 is 2.68 bits per heavy atom. The zero-order valence-electron chi connectivity index (χ0n) is 14.1. The maximum absolute atomic E-state index is 12.3. The molecule has 25 heavy (non-hydrogen) atoms. The highest BCUT2D eigenvalue weighted by molar-refractivity contribution is 5.97. The number of aromatic nitrogens is 2. The molecule has 0 spiro atoms. The number of nitrogens with one attached hydrogen (secondary N) is 1. The molecule has 0 fully saturated rings. The lowest BCUT2D eigenvalue weighted by molar-refractivity contribution is -0.119. The minimum Gasteiger partial charge on any atom is -0.452 e. The summed E-state index contributed by atoms with van der Waals surface area (Å²) >= 11 is 0. The molecule has 0 aliphatic heterocycles. The van der Waals surface area contributed by atoms with E-state index in [0.717, 1.165) is 16.5 Å². The van der Waals surface area contributed by atoms with Crippen LogP contribution in [0.25, 0.3) is 10.9 Å². The third-order valence-electron chi connectivity index (χ3n) is 3.61. The van der Waals surface area contributed by atoms with Crippen LogP contribution in [-0.4, -0.2) is 28.6 Å². The Balaban J connectivity index is 1.69. The van der Waals surface area contributed by atoms with Gasteiger partial charge in [0.2, 0.25) is 5.88 Å². The summed E-state index contributed by atoms with van der Waals surface area (Å²) in [6, 6.07) is 9.10. The Morgan fingerprint density at radius 1 is 1.16 bits per heavy atom. The van der Waals surface area contributed by atoms with Crippen LogP contribution in [0.3, 0.4) is 0 Å². The SMILES string of the molecule is Cc1ccc2nc(C)c(C(=O)OCC(=O)Nc3cc(C)no3)cc2c1. The summed E-state index contributed by atoms with van der Waals surface area (Å²) in [4.78, 5) is 28.5. The summed E-state index contributed by atoms with van der Waals surface area (Å²) in [6.45, 7) is 5.00. The van der Waals surface area contributed by atoms with Crippen LogP contribution in [0.5, 0.6) is 0 Å². The van der Waals surface area contributed by atoms with Crippen LogP contribution in [-0.2, 0) is 9.53 Å².